The van der Waals surface area contributed by atoms with Crippen molar-refractivity contribution in [3.05, 3.63) is 35.4 Å². The van der Waals surface area contributed by atoms with Crippen LogP contribution in [0, 0.1) is 23.7 Å². The summed E-state index contributed by atoms with van der Waals surface area (Å²) in [6, 6.07) is 9.81. The highest BCUT2D eigenvalue weighted by Gasteiger charge is 1.96. The number of nitrogens with zero attached hydrogens (tertiary/aromatic N) is 1. The van der Waals surface area contributed by atoms with E-state index in [0.717, 1.165) is 17.5 Å². The molecule has 0 heterocycles. The number of hydrogen-bond acceptors (Lipinski definition) is 1. The first-order chi connectivity index (χ1) is 5.88. The van der Waals surface area contributed by atoms with E-state index in [9.17, 15) is 0 Å². The zero-order valence-electron chi connectivity index (χ0n) is 6.75. The Labute approximate surface area is 72.6 Å². The smallest absolute Gasteiger partial charge is 0.0625 e. The van der Waals surface area contributed by atoms with Crippen molar-refractivity contribution in [2.45, 2.75) is 12.8 Å². The van der Waals surface area contributed by atoms with Gasteiger partial charge in [0.05, 0.1) is 6.07 Å². The predicted molar refractivity (Wildman–Crippen MR) is 48.3 cm³/mol. The topological polar surface area (TPSA) is 23.8 Å². The Kier molecular flexibility index (Phi) is 2.94. The van der Waals surface area contributed by atoms with Gasteiger partial charge in [-0.1, -0.05) is 24.1 Å². The first kappa shape index (κ1) is 8.37. The minimum absolute atomic E-state index is 0.526. The van der Waals surface area contributed by atoms with Crippen LogP contribution in [0.4, 0.5) is 0 Å². The lowest BCUT2D eigenvalue weighted by Gasteiger charge is -1.99. The summed E-state index contributed by atoms with van der Waals surface area (Å²) in [5.74, 6) is 2.60. The Hall–Kier alpha value is -1.73. The maximum Gasteiger partial charge on any atom is 0.0625 e. The maximum atomic E-state index is 8.39. The molecule has 0 saturated heterocycles. The third-order valence-corrected chi connectivity index (χ3v) is 1.68. The standard InChI is InChI=1S/C11H9N/c1-2-10-6-3-4-7-11(10)8-5-9-12/h1,3-4,6-7H,5,8H2. The molecule has 0 N–H and O–H groups in total. The average Bonchev–Trinajstić information content (AvgIpc) is 2.15. The summed E-state index contributed by atoms with van der Waals surface area (Å²) in [5, 5.41) is 8.39. The van der Waals surface area contributed by atoms with Crippen LogP contribution in [0.3, 0.4) is 0 Å². The van der Waals surface area contributed by atoms with E-state index in [0.29, 0.717) is 6.42 Å². The highest BCUT2D eigenvalue weighted by molar-refractivity contribution is 5.39. The summed E-state index contributed by atoms with van der Waals surface area (Å²) in [7, 11) is 0. The average molecular weight is 155 g/mol. The summed E-state index contributed by atoms with van der Waals surface area (Å²) >= 11 is 0. The fraction of sp³-hybridized carbons (Fsp3) is 0.182. The molecule has 1 rings (SSSR count). The van der Waals surface area contributed by atoms with Crippen molar-refractivity contribution in [3.8, 4) is 18.4 Å². The second-order valence-corrected chi connectivity index (χ2v) is 2.46. The molecule has 0 amide bonds. The van der Waals surface area contributed by atoms with Gasteiger partial charge in [-0.2, -0.15) is 5.26 Å². The van der Waals surface area contributed by atoms with Gasteiger partial charge in [0.2, 0.25) is 0 Å². The molecule has 58 valence electrons. The summed E-state index contributed by atoms with van der Waals surface area (Å²) in [6.45, 7) is 0. The normalized spacial score (nSPS) is 8.50. The molecular formula is C11H9N. The number of nitriles is 1. The van der Waals surface area contributed by atoms with Crippen molar-refractivity contribution in [2.75, 3.05) is 0 Å². The summed E-state index contributed by atoms with van der Waals surface area (Å²) in [5.41, 5.74) is 1.98. The monoisotopic (exact) mass is 155 g/mol. The second-order valence-electron chi connectivity index (χ2n) is 2.46. The van der Waals surface area contributed by atoms with Gasteiger partial charge in [0.25, 0.3) is 0 Å². The van der Waals surface area contributed by atoms with Crippen molar-refractivity contribution in [1.29, 1.82) is 5.26 Å². The van der Waals surface area contributed by atoms with Crippen LogP contribution in [0.15, 0.2) is 24.3 Å². The van der Waals surface area contributed by atoms with Gasteiger partial charge in [0.1, 0.15) is 0 Å². The molecule has 0 bridgehead atoms. The third-order valence-electron chi connectivity index (χ3n) is 1.68. The molecule has 0 saturated carbocycles. The highest BCUT2D eigenvalue weighted by atomic mass is 14.2. The lowest BCUT2D eigenvalue weighted by atomic mass is 10.0. The molecule has 0 aromatic heterocycles. The molecule has 0 atom stereocenters. The molecule has 0 aliphatic carbocycles. The van der Waals surface area contributed by atoms with E-state index in [-0.39, 0.29) is 0 Å². The van der Waals surface area contributed by atoms with E-state index >= 15 is 0 Å². The van der Waals surface area contributed by atoms with Crippen LogP contribution in [0.1, 0.15) is 17.5 Å². The van der Waals surface area contributed by atoms with Gasteiger partial charge in [-0.15, -0.1) is 6.42 Å². The largest absolute Gasteiger partial charge is 0.198 e. The van der Waals surface area contributed by atoms with Gasteiger partial charge in [-0.25, -0.2) is 0 Å². The van der Waals surface area contributed by atoms with Crippen molar-refractivity contribution in [3.63, 3.8) is 0 Å². The highest BCUT2D eigenvalue weighted by Crippen LogP contribution is 2.08. The predicted octanol–water partition coefficient (Wildman–Crippen LogP) is 2.12. The number of aryl methyl sites for hydroxylation is 1. The van der Waals surface area contributed by atoms with Crippen LogP contribution in [0.2, 0.25) is 0 Å². The molecule has 0 fully saturated rings. The quantitative estimate of drug-likeness (QED) is 0.600. The molecule has 12 heavy (non-hydrogen) atoms. The van der Waals surface area contributed by atoms with E-state index in [1.54, 1.807) is 0 Å². The van der Waals surface area contributed by atoms with Crippen LogP contribution < -0.4 is 0 Å². The van der Waals surface area contributed by atoms with Gasteiger partial charge < -0.3 is 0 Å². The van der Waals surface area contributed by atoms with Crippen LogP contribution in [-0.2, 0) is 6.42 Å². The zero-order chi connectivity index (χ0) is 8.81. The van der Waals surface area contributed by atoms with Gasteiger partial charge in [0.15, 0.2) is 0 Å². The van der Waals surface area contributed by atoms with Gasteiger partial charge in [-0.3, -0.25) is 0 Å². The molecule has 1 aromatic carbocycles. The van der Waals surface area contributed by atoms with Gasteiger partial charge in [-0.05, 0) is 18.1 Å². The minimum atomic E-state index is 0.526. The summed E-state index contributed by atoms with van der Waals surface area (Å²) < 4.78 is 0. The van der Waals surface area contributed by atoms with Crippen LogP contribution in [0.5, 0.6) is 0 Å². The van der Waals surface area contributed by atoms with E-state index in [4.69, 9.17) is 11.7 Å². The Balaban J connectivity index is 2.86. The summed E-state index contributed by atoms with van der Waals surface area (Å²) in [6.07, 6.45) is 6.56. The maximum absolute atomic E-state index is 8.39. The Morgan fingerprint density at radius 1 is 1.33 bits per heavy atom. The van der Waals surface area contributed by atoms with E-state index in [2.05, 4.69) is 12.0 Å². The molecular weight excluding hydrogens is 146 g/mol. The van der Waals surface area contributed by atoms with Crippen molar-refractivity contribution < 1.29 is 0 Å². The van der Waals surface area contributed by atoms with Crippen LogP contribution in [0.25, 0.3) is 0 Å². The summed E-state index contributed by atoms with van der Waals surface area (Å²) in [4.78, 5) is 0. The zero-order valence-corrected chi connectivity index (χ0v) is 6.75. The number of rotatable bonds is 2. The molecule has 0 radical (unpaired) electrons. The minimum Gasteiger partial charge on any atom is -0.198 e. The first-order valence-electron chi connectivity index (χ1n) is 3.80. The Morgan fingerprint density at radius 2 is 2.08 bits per heavy atom. The first-order valence-corrected chi connectivity index (χ1v) is 3.80. The number of benzene rings is 1. The fourth-order valence-corrected chi connectivity index (χ4v) is 1.07. The molecule has 1 nitrogen and oxygen atoms in total. The molecule has 0 unspecified atom stereocenters. The van der Waals surface area contributed by atoms with Crippen molar-refractivity contribution in [1.82, 2.24) is 0 Å². The van der Waals surface area contributed by atoms with E-state index < -0.39 is 0 Å². The molecule has 1 heteroatoms. The third kappa shape index (κ3) is 1.87. The van der Waals surface area contributed by atoms with Crippen LogP contribution >= 0.6 is 0 Å². The SMILES string of the molecule is C#Cc1ccccc1CCC#N. The lowest BCUT2D eigenvalue weighted by molar-refractivity contribution is 1.01. The lowest BCUT2D eigenvalue weighted by Crippen LogP contribution is -1.88. The fourth-order valence-electron chi connectivity index (χ4n) is 1.07. The van der Waals surface area contributed by atoms with Crippen molar-refractivity contribution in [2.24, 2.45) is 0 Å². The van der Waals surface area contributed by atoms with E-state index in [1.165, 1.54) is 0 Å². The van der Waals surface area contributed by atoms with Gasteiger partial charge >= 0.3 is 0 Å². The molecule has 0 aliphatic rings. The Bertz CT molecular complexity index is 339. The van der Waals surface area contributed by atoms with E-state index in [1.807, 2.05) is 24.3 Å². The van der Waals surface area contributed by atoms with Gasteiger partial charge in [0, 0.05) is 12.0 Å². The number of hydrogen-bond donors (Lipinski definition) is 0. The van der Waals surface area contributed by atoms with Crippen molar-refractivity contribution >= 4 is 0 Å². The van der Waals surface area contributed by atoms with Crippen LogP contribution in [-0.4, -0.2) is 0 Å². The number of terminal acetylenes is 1. The second kappa shape index (κ2) is 4.21. The molecule has 1 aromatic rings. The molecule has 0 aliphatic heterocycles. The Morgan fingerprint density at radius 3 is 2.75 bits per heavy atom. The molecule has 0 spiro atoms.